The highest BCUT2D eigenvalue weighted by atomic mass is 16.1. The average Bonchev–Trinajstić information content (AvgIpc) is 3.58. The molecule has 1 saturated carbocycles. The Morgan fingerprint density at radius 2 is 1.97 bits per heavy atom. The molecule has 0 radical (unpaired) electrons. The van der Waals surface area contributed by atoms with Crippen LogP contribution in [0.1, 0.15) is 45.8 Å². The number of para-hydroxylation sites is 1. The van der Waals surface area contributed by atoms with Crippen molar-refractivity contribution in [3.63, 3.8) is 0 Å². The molecule has 1 aliphatic rings. The maximum absolute atomic E-state index is 12.7. The van der Waals surface area contributed by atoms with E-state index in [2.05, 4.69) is 50.6 Å². The summed E-state index contributed by atoms with van der Waals surface area (Å²) < 4.78 is 0. The number of carbonyl (C=O) groups is 1. The lowest BCUT2D eigenvalue weighted by Gasteiger charge is -2.11. The molecule has 4 aromatic rings. The molecule has 2 aromatic heterocycles. The van der Waals surface area contributed by atoms with Gasteiger partial charge in [0, 0.05) is 22.7 Å². The molecule has 1 fully saturated rings. The summed E-state index contributed by atoms with van der Waals surface area (Å²) in [6.07, 6.45) is 6.30. The van der Waals surface area contributed by atoms with Crippen LogP contribution in [0.3, 0.4) is 0 Å². The van der Waals surface area contributed by atoms with E-state index in [1.807, 2.05) is 67.6 Å². The predicted molar refractivity (Wildman–Crippen MR) is 141 cm³/mol. The highest BCUT2D eigenvalue weighted by Crippen LogP contribution is 2.27. The van der Waals surface area contributed by atoms with Gasteiger partial charge in [0.15, 0.2) is 0 Å². The van der Waals surface area contributed by atoms with Gasteiger partial charge in [0.25, 0.3) is 5.91 Å². The number of carbonyl (C=O) groups excluding carboxylic acids is 1. The number of aromatic amines is 1. The van der Waals surface area contributed by atoms with Crippen LogP contribution >= 0.6 is 0 Å². The number of nitrogens with zero attached hydrogens (tertiary/aromatic N) is 2. The zero-order valence-electron chi connectivity index (χ0n) is 19.9. The number of rotatable bonds is 6. The Labute approximate surface area is 204 Å². The zero-order chi connectivity index (χ0) is 24.2. The van der Waals surface area contributed by atoms with Gasteiger partial charge >= 0.3 is 0 Å². The van der Waals surface area contributed by atoms with Crippen molar-refractivity contribution in [1.29, 1.82) is 0 Å². The Hall–Kier alpha value is -4.37. The van der Waals surface area contributed by atoms with Crippen LogP contribution in [-0.2, 0) is 0 Å². The first kappa shape index (κ1) is 22.4. The second kappa shape index (κ2) is 9.86. The minimum Gasteiger partial charge on any atom is -0.355 e. The molecule has 0 spiro atoms. The van der Waals surface area contributed by atoms with E-state index in [9.17, 15) is 4.79 Å². The van der Waals surface area contributed by atoms with E-state index < -0.39 is 0 Å². The summed E-state index contributed by atoms with van der Waals surface area (Å²) in [6, 6.07) is 17.6. The van der Waals surface area contributed by atoms with Gasteiger partial charge in [0.05, 0.1) is 34.7 Å². The monoisotopic (exact) mass is 461 g/mol. The Kier molecular flexibility index (Phi) is 6.32. The topological polar surface area (TPSA) is 82.7 Å². The van der Waals surface area contributed by atoms with Crippen molar-refractivity contribution < 1.29 is 4.79 Å². The zero-order valence-corrected chi connectivity index (χ0v) is 19.9. The third-order valence-electron chi connectivity index (χ3n) is 5.79. The quantitative estimate of drug-likeness (QED) is 0.325. The van der Waals surface area contributed by atoms with Crippen molar-refractivity contribution in [3.05, 3.63) is 82.8 Å². The SMILES string of the molecule is Cc1cc(C)nc(/C=C/c2n[nH]c3cc(Nc4ccccc4C(=O)NCC#CC4CC4)ccc23)c1. The Morgan fingerprint density at radius 3 is 2.80 bits per heavy atom. The normalized spacial score (nSPS) is 13.0. The average molecular weight is 462 g/mol. The summed E-state index contributed by atoms with van der Waals surface area (Å²) >= 11 is 0. The van der Waals surface area contributed by atoms with Crippen LogP contribution in [0.15, 0.2) is 54.6 Å². The maximum Gasteiger partial charge on any atom is 0.254 e. The summed E-state index contributed by atoms with van der Waals surface area (Å²) in [5.41, 5.74) is 7.01. The van der Waals surface area contributed by atoms with Crippen LogP contribution in [0.2, 0.25) is 0 Å². The molecule has 174 valence electrons. The number of aryl methyl sites for hydroxylation is 2. The van der Waals surface area contributed by atoms with E-state index in [1.54, 1.807) is 0 Å². The molecular formula is C29H27N5O. The van der Waals surface area contributed by atoms with Gasteiger partial charge in [-0.15, -0.1) is 0 Å². The third-order valence-corrected chi connectivity index (χ3v) is 5.79. The molecule has 1 amide bonds. The van der Waals surface area contributed by atoms with Gasteiger partial charge in [-0.1, -0.05) is 24.0 Å². The van der Waals surface area contributed by atoms with Gasteiger partial charge in [0.1, 0.15) is 0 Å². The number of pyridine rings is 1. The lowest BCUT2D eigenvalue weighted by atomic mass is 10.1. The lowest BCUT2D eigenvalue weighted by molar-refractivity contribution is 0.0959. The number of fused-ring (bicyclic) bond motifs is 1. The molecule has 5 rings (SSSR count). The van der Waals surface area contributed by atoms with Gasteiger partial charge in [-0.05, 0) is 86.9 Å². The van der Waals surface area contributed by atoms with Gasteiger partial charge in [-0.3, -0.25) is 14.9 Å². The lowest BCUT2D eigenvalue weighted by Crippen LogP contribution is -2.24. The smallest absolute Gasteiger partial charge is 0.254 e. The fraction of sp³-hybridized carbons (Fsp3) is 0.207. The van der Waals surface area contributed by atoms with Crippen molar-refractivity contribution in [2.45, 2.75) is 26.7 Å². The molecule has 2 heterocycles. The molecule has 6 heteroatoms. The fourth-order valence-corrected chi connectivity index (χ4v) is 3.96. The molecular weight excluding hydrogens is 434 g/mol. The summed E-state index contributed by atoms with van der Waals surface area (Å²) in [5, 5.41) is 14.8. The second-order valence-corrected chi connectivity index (χ2v) is 8.86. The van der Waals surface area contributed by atoms with E-state index in [0.717, 1.165) is 39.4 Å². The first-order valence-corrected chi connectivity index (χ1v) is 11.8. The first-order valence-electron chi connectivity index (χ1n) is 11.8. The number of nitrogens with one attached hydrogen (secondary N) is 3. The van der Waals surface area contributed by atoms with Crippen LogP contribution in [0.25, 0.3) is 23.1 Å². The number of amides is 1. The van der Waals surface area contributed by atoms with Gasteiger partial charge < -0.3 is 10.6 Å². The Balaban J connectivity index is 1.31. The molecule has 0 aliphatic heterocycles. The number of benzene rings is 2. The van der Waals surface area contributed by atoms with E-state index in [4.69, 9.17) is 0 Å². The number of anilines is 2. The third kappa shape index (κ3) is 5.59. The molecule has 0 unspecified atom stereocenters. The molecule has 35 heavy (non-hydrogen) atoms. The van der Waals surface area contributed by atoms with Crippen LogP contribution in [-0.4, -0.2) is 27.6 Å². The van der Waals surface area contributed by atoms with Crippen molar-refractivity contribution in [3.8, 4) is 11.8 Å². The summed E-state index contributed by atoms with van der Waals surface area (Å²) in [4.78, 5) is 17.3. The van der Waals surface area contributed by atoms with Crippen LogP contribution in [0.5, 0.6) is 0 Å². The van der Waals surface area contributed by atoms with Crippen molar-refractivity contribution >= 4 is 40.3 Å². The Morgan fingerprint density at radius 1 is 1.11 bits per heavy atom. The van der Waals surface area contributed by atoms with Gasteiger partial charge in [0.2, 0.25) is 0 Å². The molecule has 3 N–H and O–H groups in total. The molecule has 2 aromatic carbocycles. The fourth-order valence-electron chi connectivity index (χ4n) is 3.96. The maximum atomic E-state index is 12.7. The molecule has 1 aliphatic carbocycles. The van der Waals surface area contributed by atoms with Gasteiger partial charge in [-0.2, -0.15) is 5.10 Å². The van der Waals surface area contributed by atoms with Gasteiger partial charge in [-0.25, -0.2) is 0 Å². The number of aromatic nitrogens is 3. The summed E-state index contributed by atoms with van der Waals surface area (Å²) in [6.45, 7) is 4.42. The highest BCUT2D eigenvalue weighted by Gasteiger charge is 2.17. The Bertz CT molecular complexity index is 1460. The van der Waals surface area contributed by atoms with Crippen molar-refractivity contribution in [2.24, 2.45) is 5.92 Å². The molecule has 0 bridgehead atoms. The van der Waals surface area contributed by atoms with Crippen molar-refractivity contribution in [1.82, 2.24) is 20.5 Å². The molecule has 0 atom stereocenters. The second-order valence-electron chi connectivity index (χ2n) is 8.86. The van der Waals surface area contributed by atoms with Crippen LogP contribution in [0, 0.1) is 31.6 Å². The summed E-state index contributed by atoms with van der Waals surface area (Å²) in [5.74, 6) is 6.59. The van der Waals surface area contributed by atoms with Crippen LogP contribution < -0.4 is 10.6 Å². The highest BCUT2D eigenvalue weighted by molar-refractivity contribution is 6.01. The molecule has 6 nitrogen and oxygen atoms in total. The first-order chi connectivity index (χ1) is 17.0. The van der Waals surface area contributed by atoms with E-state index in [-0.39, 0.29) is 5.91 Å². The number of hydrogen-bond donors (Lipinski definition) is 3. The number of H-pyrrole nitrogens is 1. The van der Waals surface area contributed by atoms with E-state index >= 15 is 0 Å². The standard InChI is InChI=1S/C29H27N5O/c1-19-16-20(2)31-22(17-19)12-14-27-24-13-11-23(18-28(24)34-33-27)32-26-8-4-3-7-25(26)29(35)30-15-5-6-21-9-10-21/h3-4,7-8,11-14,16-18,21,32H,9-10,15H2,1-2H3,(H,30,35)(H,33,34)/b14-12+. The predicted octanol–water partition coefficient (Wildman–Crippen LogP) is 5.63. The van der Waals surface area contributed by atoms with E-state index in [1.165, 1.54) is 18.4 Å². The largest absolute Gasteiger partial charge is 0.355 e. The van der Waals surface area contributed by atoms with Crippen LogP contribution in [0.4, 0.5) is 11.4 Å². The minimum absolute atomic E-state index is 0.145. The van der Waals surface area contributed by atoms with E-state index in [0.29, 0.717) is 18.0 Å². The summed E-state index contributed by atoms with van der Waals surface area (Å²) in [7, 11) is 0. The van der Waals surface area contributed by atoms with Crippen molar-refractivity contribution in [2.75, 3.05) is 11.9 Å². The number of hydrogen-bond acceptors (Lipinski definition) is 4. The minimum atomic E-state index is -0.145. The molecule has 0 saturated heterocycles.